The van der Waals surface area contributed by atoms with Gasteiger partial charge in [0.05, 0.1) is 12.0 Å². The molecule has 0 bridgehead atoms. The summed E-state index contributed by atoms with van der Waals surface area (Å²) in [4.78, 5) is 10.9. The molecule has 0 radical (unpaired) electrons. The van der Waals surface area contributed by atoms with Gasteiger partial charge in [0.25, 0.3) is 0 Å². The van der Waals surface area contributed by atoms with E-state index in [1.54, 1.807) is 0 Å². The first-order valence-electron chi connectivity index (χ1n) is 7.08. The smallest absolute Gasteiger partial charge is 0.306 e. The molecule has 1 aliphatic rings. The zero-order chi connectivity index (χ0) is 13.8. The third-order valence-corrected chi connectivity index (χ3v) is 4.10. The standard InChI is InChI=1S/C15H23NO3/c1-10-3-8-14(19-10)11(2)16-9-12-4-6-13(7-5-12)15(17)18/h3,8,11-13,16H,4-7,9H2,1-2H3,(H,17,18). The molecule has 19 heavy (non-hydrogen) atoms. The number of hydrogen-bond acceptors (Lipinski definition) is 3. The molecule has 0 aromatic carbocycles. The summed E-state index contributed by atoms with van der Waals surface area (Å²) in [6.07, 6.45) is 3.65. The fourth-order valence-corrected chi connectivity index (χ4v) is 2.74. The van der Waals surface area contributed by atoms with Gasteiger partial charge in [-0.05, 0) is 64.1 Å². The molecule has 0 saturated heterocycles. The van der Waals surface area contributed by atoms with Crippen molar-refractivity contribution in [3.05, 3.63) is 23.7 Å². The van der Waals surface area contributed by atoms with Crippen LogP contribution in [0.25, 0.3) is 0 Å². The number of aliphatic carboxylic acids is 1. The summed E-state index contributed by atoms with van der Waals surface area (Å²) in [5.41, 5.74) is 0. The lowest BCUT2D eigenvalue weighted by Gasteiger charge is -2.27. The average Bonchev–Trinajstić information content (AvgIpc) is 2.83. The zero-order valence-electron chi connectivity index (χ0n) is 11.7. The number of furan rings is 1. The Balaban J connectivity index is 1.73. The molecule has 106 valence electrons. The summed E-state index contributed by atoms with van der Waals surface area (Å²) < 4.78 is 5.59. The predicted molar refractivity (Wildman–Crippen MR) is 72.9 cm³/mol. The van der Waals surface area contributed by atoms with E-state index in [0.717, 1.165) is 43.7 Å². The SMILES string of the molecule is Cc1ccc(C(C)NCC2CCC(C(=O)O)CC2)o1. The van der Waals surface area contributed by atoms with Crippen molar-refractivity contribution in [1.29, 1.82) is 0 Å². The van der Waals surface area contributed by atoms with Crippen LogP contribution in [-0.4, -0.2) is 17.6 Å². The molecule has 4 nitrogen and oxygen atoms in total. The van der Waals surface area contributed by atoms with Gasteiger partial charge in [-0.3, -0.25) is 4.79 Å². The molecule has 1 fully saturated rings. The van der Waals surface area contributed by atoms with Crippen molar-refractivity contribution in [1.82, 2.24) is 5.32 Å². The number of carboxylic acids is 1. The largest absolute Gasteiger partial charge is 0.481 e. The number of carboxylic acid groups (broad SMARTS) is 1. The summed E-state index contributed by atoms with van der Waals surface area (Å²) >= 11 is 0. The highest BCUT2D eigenvalue weighted by Crippen LogP contribution is 2.29. The summed E-state index contributed by atoms with van der Waals surface area (Å²) in [5.74, 6) is 1.74. The normalized spacial score (nSPS) is 25.2. The first kappa shape index (κ1) is 14.1. The molecule has 1 unspecified atom stereocenters. The number of carbonyl (C=O) groups is 1. The van der Waals surface area contributed by atoms with E-state index in [1.165, 1.54) is 0 Å². The van der Waals surface area contributed by atoms with Crippen LogP contribution in [0, 0.1) is 18.8 Å². The molecule has 4 heteroatoms. The summed E-state index contributed by atoms with van der Waals surface area (Å²) in [6, 6.07) is 4.20. The van der Waals surface area contributed by atoms with Crippen LogP contribution in [0.1, 0.15) is 50.2 Å². The lowest BCUT2D eigenvalue weighted by molar-refractivity contribution is -0.143. The number of nitrogens with one attached hydrogen (secondary N) is 1. The van der Waals surface area contributed by atoms with Crippen LogP contribution in [0.5, 0.6) is 0 Å². The molecule has 1 atom stereocenters. The molecule has 1 aliphatic carbocycles. The third-order valence-electron chi connectivity index (χ3n) is 4.10. The molecular formula is C15H23NO3. The minimum absolute atomic E-state index is 0.124. The number of hydrogen-bond donors (Lipinski definition) is 2. The predicted octanol–water partition coefficient (Wildman–Crippen LogP) is 3.13. The van der Waals surface area contributed by atoms with E-state index in [4.69, 9.17) is 9.52 Å². The monoisotopic (exact) mass is 265 g/mol. The third kappa shape index (κ3) is 3.83. The Kier molecular flexibility index (Phi) is 4.64. The Bertz CT molecular complexity index is 419. The van der Waals surface area contributed by atoms with Crippen LogP contribution in [-0.2, 0) is 4.79 Å². The van der Waals surface area contributed by atoms with Gasteiger partial charge in [0.2, 0.25) is 0 Å². The first-order chi connectivity index (χ1) is 9.06. The molecule has 2 rings (SSSR count). The molecule has 0 spiro atoms. The number of aryl methyl sites for hydroxylation is 1. The lowest BCUT2D eigenvalue weighted by atomic mass is 9.82. The molecule has 0 aliphatic heterocycles. The van der Waals surface area contributed by atoms with Gasteiger partial charge in [-0.25, -0.2) is 0 Å². The maximum atomic E-state index is 10.9. The Labute approximate surface area is 114 Å². The summed E-state index contributed by atoms with van der Waals surface area (Å²) in [7, 11) is 0. The summed E-state index contributed by atoms with van der Waals surface area (Å²) in [5, 5.41) is 12.5. The molecule has 1 saturated carbocycles. The summed E-state index contributed by atoms with van der Waals surface area (Å²) in [6.45, 7) is 4.98. The van der Waals surface area contributed by atoms with Gasteiger partial charge in [0, 0.05) is 0 Å². The van der Waals surface area contributed by atoms with Crippen molar-refractivity contribution >= 4 is 5.97 Å². The quantitative estimate of drug-likeness (QED) is 0.858. The second kappa shape index (κ2) is 6.24. The van der Waals surface area contributed by atoms with Crippen molar-refractivity contribution in [2.45, 2.75) is 45.6 Å². The second-order valence-corrected chi connectivity index (χ2v) is 5.63. The van der Waals surface area contributed by atoms with Crippen molar-refractivity contribution < 1.29 is 14.3 Å². The van der Waals surface area contributed by atoms with E-state index in [9.17, 15) is 4.79 Å². The van der Waals surface area contributed by atoms with Crippen LogP contribution in [0.15, 0.2) is 16.5 Å². The fourth-order valence-electron chi connectivity index (χ4n) is 2.74. The van der Waals surface area contributed by atoms with Crippen molar-refractivity contribution in [2.75, 3.05) is 6.54 Å². The number of rotatable bonds is 5. The Morgan fingerprint density at radius 2 is 2.11 bits per heavy atom. The van der Waals surface area contributed by atoms with E-state index in [1.807, 2.05) is 19.1 Å². The first-order valence-corrected chi connectivity index (χ1v) is 7.08. The van der Waals surface area contributed by atoms with Gasteiger partial charge in [0.15, 0.2) is 0 Å². The van der Waals surface area contributed by atoms with Crippen LogP contribution in [0.4, 0.5) is 0 Å². The molecule has 1 aromatic heterocycles. The Morgan fingerprint density at radius 3 is 2.63 bits per heavy atom. The van der Waals surface area contributed by atoms with E-state index < -0.39 is 5.97 Å². The molecular weight excluding hydrogens is 242 g/mol. The highest BCUT2D eigenvalue weighted by molar-refractivity contribution is 5.69. The van der Waals surface area contributed by atoms with E-state index in [0.29, 0.717) is 5.92 Å². The maximum Gasteiger partial charge on any atom is 0.306 e. The minimum Gasteiger partial charge on any atom is -0.481 e. The van der Waals surface area contributed by atoms with Gasteiger partial charge < -0.3 is 14.8 Å². The Morgan fingerprint density at radius 1 is 1.42 bits per heavy atom. The second-order valence-electron chi connectivity index (χ2n) is 5.63. The van der Waals surface area contributed by atoms with Crippen LogP contribution in [0.2, 0.25) is 0 Å². The highest BCUT2D eigenvalue weighted by Gasteiger charge is 2.26. The van der Waals surface area contributed by atoms with Gasteiger partial charge >= 0.3 is 5.97 Å². The Hall–Kier alpha value is -1.29. The molecule has 1 heterocycles. The van der Waals surface area contributed by atoms with Gasteiger partial charge in [-0.2, -0.15) is 0 Å². The topological polar surface area (TPSA) is 62.5 Å². The van der Waals surface area contributed by atoms with Crippen molar-refractivity contribution in [3.63, 3.8) is 0 Å². The molecule has 0 amide bonds. The van der Waals surface area contributed by atoms with Gasteiger partial charge in [0.1, 0.15) is 11.5 Å². The molecule has 2 N–H and O–H groups in total. The van der Waals surface area contributed by atoms with E-state index >= 15 is 0 Å². The highest BCUT2D eigenvalue weighted by atomic mass is 16.4. The van der Waals surface area contributed by atoms with Gasteiger partial charge in [-0.15, -0.1) is 0 Å². The van der Waals surface area contributed by atoms with Crippen LogP contribution >= 0.6 is 0 Å². The van der Waals surface area contributed by atoms with Crippen molar-refractivity contribution in [3.8, 4) is 0 Å². The van der Waals surface area contributed by atoms with Crippen LogP contribution in [0.3, 0.4) is 0 Å². The van der Waals surface area contributed by atoms with Gasteiger partial charge in [-0.1, -0.05) is 0 Å². The average molecular weight is 265 g/mol. The van der Waals surface area contributed by atoms with E-state index in [2.05, 4.69) is 12.2 Å². The molecule has 1 aromatic rings. The van der Waals surface area contributed by atoms with Crippen molar-refractivity contribution in [2.24, 2.45) is 11.8 Å². The minimum atomic E-state index is -0.633. The van der Waals surface area contributed by atoms with E-state index in [-0.39, 0.29) is 12.0 Å². The maximum absolute atomic E-state index is 10.9. The zero-order valence-corrected chi connectivity index (χ0v) is 11.7. The van der Waals surface area contributed by atoms with Crippen LogP contribution < -0.4 is 5.32 Å². The fraction of sp³-hybridized carbons (Fsp3) is 0.667. The lowest BCUT2D eigenvalue weighted by Crippen LogP contribution is -2.30.